The van der Waals surface area contributed by atoms with Crippen LogP contribution in [0.5, 0.6) is 0 Å². The van der Waals surface area contributed by atoms with E-state index in [2.05, 4.69) is 4.98 Å². The second-order valence-corrected chi connectivity index (χ2v) is 5.18. The second kappa shape index (κ2) is 4.35. The molecule has 0 aliphatic carbocycles. The van der Waals surface area contributed by atoms with Crippen LogP contribution in [-0.2, 0) is 11.2 Å². The largest absolute Gasteiger partial charge is 0.315 e. The highest BCUT2D eigenvalue weighted by Gasteiger charge is 2.27. The van der Waals surface area contributed by atoms with Crippen LogP contribution in [0.4, 0.5) is 5.69 Å². The molecule has 0 unspecified atom stereocenters. The minimum atomic E-state index is 0.0800. The summed E-state index contributed by atoms with van der Waals surface area (Å²) in [6, 6.07) is 5.94. The lowest BCUT2D eigenvalue weighted by Crippen LogP contribution is -2.20. The van der Waals surface area contributed by atoms with E-state index in [1.165, 1.54) is 0 Å². The van der Waals surface area contributed by atoms with Crippen molar-refractivity contribution in [3.8, 4) is 11.1 Å². The number of pyridine rings is 1. The van der Waals surface area contributed by atoms with Gasteiger partial charge in [-0.1, -0.05) is 17.7 Å². The molecule has 3 nitrogen and oxygen atoms in total. The van der Waals surface area contributed by atoms with Crippen LogP contribution in [-0.4, -0.2) is 17.9 Å². The highest BCUT2D eigenvalue weighted by molar-refractivity contribution is 6.35. The van der Waals surface area contributed by atoms with E-state index in [9.17, 15) is 4.79 Å². The van der Waals surface area contributed by atoms with Gasteiger partial charge >= 0.3 is 0 Å². The molecule has 1 aliphatic heterocycles. The van der Waals surface area contributed by atoms with Crippen LogP contribution < -0.4 is 4.90 Å². The summed E-state index contributed by atoms with van der Waals surface area (Å²) in [6.07, 6.45) is 3.97. The molecule has 0 atom stereocenters. The summed E-state index contributed by atoms with van der Waals surface area (Å²) in [6.45, 7) is 2.00. The van der Waals surface area contributed by atoms with Gasteiger partial charge in [-0.05, 0) is 24.6 Å². The summed E-state index contributed by atoms with van der Waals surface area (Å²) in [5.41, 5.74) is 4.81. The van der Waals surface area contributed by atoms with Crippen molar-refractivity contribution in [2.75, 3.05) is 11.9 Å². The van der Waals surface area contributed by atoms with E-state index in [4.69, 9.17) is 11.6 Å². The summed E-state index contributed by atoms with van der Waals surface area (Å²) in [5.74, 6) is 0.0800. The number of aryl methyl sites for hydroxylation is 1. The SMILES string of the molecule is Cc1cncc(-c2ccc3c(c2Cl)CC(=O)N3C)c1. The van der Waals surface area contributed by atoms with Crippen LogP contribution in [0, 0.1) is 6.92 Å². The Bertz CT molecular complexity index is 682. The van der Waals surface area contributed by atoms with Crippen molar-refractivity contribution < 1.29 is 4.79 Å². The highest BCUT2D eigenvalue weighted by Crippen LogP contribution is 2.39. The smallest absolute Gasteiger partial charge is 0.231 e. The number of hydrogen-bond acceptors (Lipinski definition) is 2. The molecule has 1 aromatic heterocycles. The molecule has 1 aliphatic rings. The number of amides is 1. The minimum Gasteiger partial charge on any atom is -0.315 e. The van der Waals surface area contributed by atoms with Crippen molar-refractivity contribution >= 4 is 23.2 Å². The molecule has 3 rings (SSSR count). The second-order valence-electron chi connectivity index (χ2n) is 4.81. The zero-order valence-electron chi connectivity index (χ0n) is 10.8. The average molecular weight is 273 g/mol. The molecule has 0 saturated heterocycles. The zero-order chi connectivity index (χ0) is 13.6. The van der Waals surface area contributed by atoms with E-state index in [1.807, 2.05) is 31.3 Å². The Balaban J connectivity index is 2.16. The number of carbonyl (C=O) groups excluding carboxylic acids is 1. The lowest BCUT2D eigenvalue weighted by atomic mass is 10.0. The Kier molecular flexibility index (Phi) is 2.79. The Morgan fingerprint density at radius 2 is 2.11 bits per heavy atom. The van der Waals surface area contributed by atoms with E-state index in [-0.39, 0.29) is 5.91 Å². The first-order valence-corrected chi connectivity index (χ1v) is 6.45. The van der Waals surface area contributed by atoms with Gasteiger partial charge in [0.25, 0.3) is 0 Å². The number of halogens is 1. The first-order valence-electron chi connectivity index (χ1n) is 6.08. The zero-order valence-corrected chi connectivity index (χ0v) is 11.5. The Hall–Kier alpha value is -1.87. The number of rotatable bonds is 1. The third-order valence-electron chi connectivity index (χ3n) is 3.47. The van der Waals surface area contributed by atoms with Crippen molar-refractivity contribution in [2.24, 2.45) is 0 Å². The van der Waals surface area contributed by atoms with Crippen LogP contribution in [0.25, 0.3) is 11.1 Å². The fraction of sp³-hybridized carbons (Fsp3) is 0.200. The van der Waals surface area contributed by atoms with Gasteiger partial charge in [0.15, 0.2) is 0 Å². The first kappa shape index (κ1) is 12.2. The van der Waals surface area contributed by atoms with E-state index >= 15 is 0 Å². The van der Waals surface area contributed by atoms with Crippen molar-refractivity contribution in [3.05, 3.63) is 46.7 Å². The maximum absolute atomic E-state index is 11.7. The Morgan fingerprint density at radius 3 is 2.84 bits per heavy atom. The van der Waals surface area contributed by atoms with Crippen LogP contribution >= 0.6 is 11.6 Å². The van der Waals surface area contributed by atoms with Crippen molar-refractivity contribution in [1.82, 2.24) is 4.98 Å². The molecular weight excluding hydrogens is 260 g/mol. The third-order valence-corrected chi connectivity index (χ3v) is 3.90. The van der Waals surface area contributed by atoms with Crippen LogP contribution in [0.1, 0.15) is 11.1 Å². The van der Waals surface area contributed by atoms with Gasteiger partial charge in [-0.25, -0.2) is 0 Å². The Morgan fingerprint density at radius 1 is 1.32 bits per heavy atom. The summed E-state index contributed by atoms with van der Waals surface area (Å²) in [7, 11) is 1.78. The standard InChI is InChI=1S/C15H13ClN2O/c1-9-5-10(8-17-7-9)11-3-4-13-12(15(11)16)6-14(19)18(13)2/h3-5,7-8H,6H2,1-2H3. The summed E-state index contributed by atoms with van der Waals surface area (Å²) < 4.78 is 0. The van der Waals surface area contributed by atoms with Crippen molar-refractivity contribution in [3.63, 3.8) is 0 Å². The lowest BCUT2D eigenvalue weighted by molar-refractivity contribution is -0.117. The molecule has 1 amide bonds. The molecule has 19 heavy (non-hydrogen) atoms. The first-order chi connectivity index (χ1) is 9.08. The Labute approximate surface area is 116 Å². The molecular formula is C15H13ClN2O. The molecule has 4 heteroatoms. The van der Waals surface area contributed by atoms with Crippen LogP contribution in [0.3, 0.4) is 0 Å². The molecule has 0 radical (unpaired) electrons. The number of nitrogens with zero attached hydrogens (tertiary/aromatic N) is 2. The molecule has 96 valence electrons. The maximum atomic E-state index is 11.7. The molecule has 2 aromatic rings. The average Bonchev–Trinajstić information content (AvgIpc) is 2.67. The summed E-state index contributed by atoms with van der Waals surface area (Å²) in [4.78, 5) is 17.6. The van der Waals surface area contributed by atoms with Crippen LogP contribution in [0.15, 0.2) is 30.6 Å². The van der Waals surface area contributed by atoms with Gasteiger partial charge in [-0.2, -0.15) is 0 Å². The van der Waals surface area contributed by atoms with Gasteiger partial charge in [0.1, 0.15) is 0 Å². The summed E-state index contributed by atoms with van der Waals surface area (Å²) >= 11 is 6.47. The number of fused-ring (bicyclic) bond motifs is 1. The molecule has 1 aromatic carbocycles. The topological polar surface area (TPSA) is 33.2 Å². The predicted molar refractivity (Wildman–Crippen MR) is 76.5 cm³/mol. The minimum absolute atomic E-state index is 0.0800. The fourth-order valence-electron chi connectivity index (χ4n) is 2.42. The number of aromatic nitrogens is 1. The number of benzene rings is 1. The van der Waals surface area contributed by atoms with Crippen molar-refractivity contribution in [1.29, 1.82) is 0 Å². The number of hydrogen-bond donors (Lipinski definition) is 0. The normalized spacial score (nSPS) is 13.8. The third kappa shape index (κ3) is 1.90. The van der Waals surface area contributed by atoms with Gasteiger partial charge in [0.05, 0.1) is 11.4 Å². The fourth-order valence-corrected chi connectivity index (χ4v) is 2.76. The van der Waals surface area contributed by atoms with Gasteiger partial charge in [-0.15, -0.1) is 0 Å². The van der Waals surface area contributed by atoms with E-state index in [1.54, 1.807) is 18.1 Å². The van der Waals surface area contributed by atoms with Gasteiger partial charge in [0, 0.05) is 41.8 Å². The van der Waals surface area contributed by atoms with Crippen LogP contribution in [0.2, 0.25) is 5.02 Å². The van der Waals surface area contributed by atoms with Gasteiger partial charge in [0.2, 0.25) is 5.91 Å². The molecule has 0 N–H and O–H groups in total. The number of carbonyl (C=O) groups is 1. The highest BCUT2D eigenvalue weighted by atomic mass is 35.5. The predicted octanol–water partition coefficient (Wildman–Crippen LogP) is 3.23. The lowest BCUT2D eigenvalue weighted by Gasteiger charge is -2.12. The van der Waals surface area contributed by atoms with E-state index < -0.39 is 0 Å². The maximum Gasteiger partial charge on any atom is 0.231 e. The van der Waals surface area contributed by atoms with Gasteiger partial charge < -0.3 is 4.90 Å². The van der Waals surface area contributed by atoms with Crippen molar-refractivity contribution in [2.45, 2.75) is 13.3 Å². The monoisotopic (exact) mass is 272 g/mol. The molecule has 0 spiro atoms. The van der Waals surface area contributed by atoms with E-state index in [0.29, 0.717) is 11.4 Å². The summed E-state index contributed by atoms with van der Waals surface area (Å²) in [5, 5.41) is 0.655. The molecule has 0 saturated carbocycles. The van der Waals surface area contributed by atoms with Gasteiger partial charge in [-0.3, -0.25) is 9.78 Å². The number of likely N-dealkylation sites (N-methyl/N-ethyl adjacent to an activating group) is 1. The van der Waals surface area contributed by atoms with E-state index in [0.717, 1.165) is 27.9 Å². The quantitative estimate of drug-likeness (QED) is 0.798. The number of anilines is 1. The molecule has 0 bridgehead atoms. The molecule has 2 heterocycles. The molecule has 0 fully saturated rings.